The standard InChI is InChI=1S/C38H69NO9/c1-3-4-5-6-7-8-9-10-11-12-13-14-15-16-21-41-22-23-42-24-25-43-26-27-44-28-29-45-30-31-46-32-33-47-34-35-48-38-19-17-37(18-20-38)39-36(2)40/h17-20H,3-16,21-35H2,1-2H3,(H,39,40). The van der Waals surface area contributed by atoms with Crippen molar-refractivity contribution in [3.63, 3.8) is 0 Å². The van der Waals surface area contributed by atoms with E-state index >= 15 is 0 Å². The lowest BCUT2D eigenvalue weighted by molar-refractivity contribution is -0.114. The summed E-state index contributed by atoms with van der Waals surface area (Å²) in [7, 11) is 0. The van der Waals surface area contributed by atoms with Gasteiger partial charge in [-0.05, 0) is 30.7 Å². The highest BCUT2D eigenvalue weighted by atomic mass is 16.6. The Kier molecular flexibility index (Phi) is 33.6. The van der Waals surface area contributed by atoms with Gasteiger partial charge in [-0.25, -0.2) is 0 Å². The molecule has 1 aromatic carbocycles. The van der Waals surface area contributed by atoms with E-state index in [-0.39, 0.29) is 5.91 Å². The number of ether oxygens (including phenoxy) is 8. The molecule has 1 amide bonds. The summed E-state index contributed by atoms with van der Waals surface area (Å²) in [6, 6.07) is 7.21. The molecule has 1 N–H and O–H groups in total. The van der Waals surface area contributed by atoms with Crippen LogP contribution in [0.2, 0.25) is 0 Å². The Bertz CT molecular complexity index is 797. The van der Waals surface area contributed by atoms with Gasteiger partial charge in [-0.2, -0.15) is 0 Å². The fourth-order valence-electron chi connectivity index (χ4n) is 4.88. The molecule has 0 aliphatic heterocycles. The molecule has 0 unspecified atom stereocenters. The van der Waals surface area contributed by atoms with E-state index < -0.39 is 0 Å². The van der Waals surface area contributed by atoms with Crippen LogP contribution in [0.15, 0.2) is 24.3 Å². The Morgan fingerprint density at radius 2 is 0.750 bits per heavy atom. The number of anilines is 1. The van der Waals surface area contributed by atoms with E-state index in [9.17, 15) is 4.79 Å². The zero-order valence-electron chi connectivity index (χ0n) is 30.5. The molecule has 0 fully saturated rings. The van der Waals surface area contributed by atoms with Crippen molar-refractivity contribution < 1.29 is 42.7 Å². The Labute approximate surface area is 292 Å². The van der Waals surface area contributed by atoms with Gasteiger partial charge in [0.15, 0.2) is 0 Å². The normalized spacial score (nSPS) is 11.3. The Morgan fingerprint density at radius 1 is 0.438 bits per heavy atom. The number of carbonyl (C=O) groups is 1. The molecule has 0 spiro atoms. The van der Waals surface area contributed by atoms with Gasteiger partial charge in [-0.15, -0.1) is 0 Å². The summed E-state index contributed by atoms with van der Waals surface area (Å²) in [5, 5.41) is 2.72. The van der Waals surface area contributed by atoms with Crippen molar-refractivity contribution in [2.75, 3.05) is 104 Å². The third-order valence-corrected chi connectivity index (χ3v) is 7.55. The maximum absolute atomic E-state index is 11.0. The monoisotopic (exact) mass is 683 g/mol. The second-order valence-corrected chi connectivity index (χ2v) is 11.9. The van der Waals surface area contributed by atoms with Crippen LogP contribution in [0, 0.1) is 0 Å². The lowest BCUT2D eigenvalue weighted by Crippen LogP contribution is -2.15. The molecule has 280 valence electrons. The summed E-state index contributed by atoms with van der Waals surface area (Å²) in [5.74, 6) is 0.625. The lowest BCUT2D eigenvalue weighted by Gasteiger charge is -2.09. The van der Waals surface area contributed by atoms with Gasteiger partial charge in [0.25, 0.3) is 0 Å². The van der Waals surface area contributed by atoms with Crippen LogP contribution in [0.1, 0.15) is 104 Å². The molecule has 1 rings (SSSR count). The minimum absolute atomic E-state index is 0.101. The first kappa shape index (κ1) is 44.2. The number of rotatable bonds is 38. The van der Waals surface area contributed by atoms with Gasteiger partial charge in [-0.3, -0.25) is 4.79 Å². The highest BCUT2D eigenvalue weighted by Gasteiger charge is 1.99. The summed E-state index contributed by atoms with van der Waals surface area (Å²) in [6.07, 6.45) is 19.2. The zero-order valence-corrected chi connectivity index (χ0v) is 30.5. The number of carbonyl (C=O) groups excluding carboxylic acids is 1. The van der Waals surface area contributed by atoms with Crippen LogP contribution in [0.4, 0.5) is 5.69 Å². The van der Waals surface area contributed by atoms with E-state index in [1.807, 2.05) is 12.1 Å². The fourth-order valence-corrected chi connectivity index (χ4v) is 4.88. The number of unbranched alkanes of at least 4 members (excludes halogenated alkanes) is 13. The summed E-state index contributed by atoms with van der Waals surface area (Å²) in [6.45, 7) is 12.0. The second-order valence-electron chi connectivity index (χ2n) is 11.9. The first-order valence-electron chi connectivity index (χ1n) is 18.8. The van der Waals surface area contributed by atoms with Crippen molar-refractivity contribution in [3.05, 3.63) is 24.3 Å². The van der Waals surface area contributed by atoms with Crippen LogP contribution in [-0.4, -0.2) is 105 Å². The molecule has 0 saturated heterocycles. The van der Waals surface area contributed by atoms with Gasteiger partial charge in [0.2, 0.25) is 5.91 Å². The first-order chi connectivity index (χ1) is 23.7. The molecule has 0 aliphatic carbocycles. The molecular weight excluding hydrogens is 614 g/mol. The second kappa shape index (κ2) is 36.5. The Balaban J connectivity index is 1.65. The van der Waals surface area contributed by atoms with Gasteiger partial charge in [0, 0.05) is 19.2 Å². The van der Waals surface area contributed by atoms with Crippen molar-refractivity contribution in [2.24, 2.45) is 0 Å². The summed E-state index contributed by atoms with van der Waals surface area (Å²) >= 11 is 0. The van der Waals surface area contributed by atoms with Crippen molar-refractivity contribution >= 4 is 11.6 Å². The third kappa shape index (κ3) is 32.7. The predicted octanol–water partition coefficient (Wildman–Crippen LogP) is 7.62. The largest absolute Gasteiger partial charge is 0.491 e. The van der Waals surface area contributed by atoms with Gasteiger partial charge >= 0.3 is 0 Å². The van der Waals surface area contributed by atoms with Crippen LogP contribution in [0.3, 0.4) is 0 Å². The first-order valence-corrected chi connectivity index (χ1v) is 18.8. The molecule has 0 radical (unpaired) electrons. The SMILES string of the molecule is CCCCCCCCCCCCCCCCOCCOCCOCCOCCOCCOCCOCCOc1ccc(NC(C)=O)cc1. The van der Waals surface area contributed by atoms with Crippen molar-refractivity contribution in [2.45, 2.75) is 104 Å². The molecule has 0 aliphatic rings. The molecule has 10 heteroatoms. The molecule has 0 aromatic heterocycles. The zero-order chi connectivity index (χ0) is 34.4. The molecule has 10 nitrogen and oxygen atoms in total. The Morgan fingerprint density at radius 3 is 1.10 bits per heavy atom. The Hall–Kier alpha value is -1.79. The van der Waals surface area contributed by atoms with Crippen LogP contribution in [0.25, 0.3) is 0 Å². The quantitative estimate of drug-likeness (QED) is 0.0705. The van der Waals surface area contributed by atoms with Crippen LogP contribution in [-0.2, 0) is 38.0 Å². The van der Waals surface area contributed by atoms with Crippen molar-refractivity contribution in [3.8, 4) is 5.75 Å². The number of hydrogen-bond acceptors (Lipinski definition) is 9. The maximum atomic E-state index is 11.0. The fraction of sp³-hybridized carbons (Fsp3) is 0.816. The topological polar surface area (TPSA) is 103 Å². The molecule has 48 heavy (non-hydrogen) atoms. The van der Waals surface area contributed by atoms with E-state index in [4.69, 9.17) is 37.9 Å². The minimum Gasteiger partial charge on any atom is -0.491 e. The average molecular weight is 684 g/mol. The van der Waals surface area contributed by atoms with E-state index in [1.165, 1.54) is 90.4 Å². The van der Waals surface area contributed by atoms with E-state index in [1.54, 1.807) is 12.1 Å². The molecule has 0 saturated carbocycles. The highest BCUT2D eigenvalue weighted by Crippen LogP contribution is 2.15. The van der Waals surface area contributed by atoms with E-state index in [0.717, 1.165) is 24.5 Å². The highest BCUT2D eigenvalue weighted by molar-refractivity contribution is 5.88. The predicted molar refractivity (Wildman–Crippen MR) is 192 cm³/mol. The third-order valence-electron chi connectivity index (χ3n) is 7.55. The van der Waals surface area contributed by atoms with Crippen molar-refractivity contribution in [1.82, 2.24) is 0 Å². The average Bonchev–Trinajstić information content (AvgIpc) is 3.08. The van der Waals surface area contributed by atoms with Crippen LogP contribution in [0.5, 0.6) is 5.75 Å². The van der Waals surface area contributed by atoms with E-state index in [0.29, 0.717) is 92.5 Å². The van der Waals surface area contributed by atoms with Gasteiger partial charge in [0.05, 0.1) is 85.9 Å². The smallest absolute Gasteiger partial charge is 0.221 e. The van der Waals surface area contributed by atoms with Crippen molar-refractivity contribution in [1.29, 1.82) is 0 Å². The van der Waals surface area contributed by atoms with E-state index in [2.05, 4.69) is 12.2 Å². The molecule has 0 atom stereocenters. The summed E-state index contributed by atoms with van der Waals surface area (Å²) in [4.78, 5) is 11.0. The van der Waals surface area contributed by atoms with Gasteiger partial charge in [-0.1, -0.05) is 90.4 Å². The van der Waals surface area contributed by atoms with Crippen LogP contribution >= 0.6 is 0 Å². The van der Waals surface area contributed by atoms with Gasteiger partial charge < -0.3 is 43.2 Å². The van der Waals surface area contributed by atoms with Crippen LogP contribution < -0.4 is 10.1 Å². The maximum Gasteiger partial charge on any atom is 0.221 e. The number of nitrogens with one attached hydrogen (secondary N) is 1. The number of benzene rings is 1. The summed E-state index contributed by atoms with van der Waals surface area (Å²) < 4.78 is 44.4. The molecule has 1 aromatic rings. The molecular formula is C38H69NO9. The summed E-state index contributed by atoms with van der Waals surface area (Å²) in [5.41, 5.74) is 0.739. The minimum atomic E-state index is -0.101. The molecule has 0 heterocycles. The molecule has 0 bridgehead atoms. The number of amides is 1. The lowest BCUT2D eigenvalue weighted by atomic mass is 10.0. The number of hydrogen-bond donors (Lipinski definition) is 1. The van der Waals surface area contributed by atoms with Gasteiger partial charge in [0.1, 0.15) is 12.4 Å².